The van der Waals surface area contributed by atoms with Gasteiger partial charge in [0.1, 0.15) is 0 Å². The molecule has 0 bridgehead atoms. The lowest BCUT2D eigenvalue weighted by Crippen LogP contribution is -2.27. The van der Waals surface area contributed by atoms with E-state index in [1.54, 1.807) is 0 Å². The molecule has 3 heteroatoms. The summed E-state index contributed by atoms with van der Waals surface area (Å²) < 4.78 is 5.38. The van der Waals surface area contributed by atoms with Gasteiger partial charge in [-0.05, 0) is 26.7 Å². The van der Waals surface area contributed by atoms with E-state index in [0.29, 0.717) is 18.0 Å². The van der Waals surface area contributed by atoms with Crippen molar-refractivity contribution in [3.8, 4) is 0 Å². The molecule has 0 aromatic heterocycles. The summed E-state index contributed by atoms with van der Waals surface area (Å²) in [5, 5.41) is 0. The van der Waals surface area contributed by atoms with E-state index in [4.69, 9.17) is 10.5 Å². The fraction of sp³-hybridized carbons (Fsp3) is 0.875. The Kier molecular flexibility index (Phi) is 2.88. The molecule has 0 aromatic rings. The van der Waals surface area contributed by atoms with Gasteiger partial charge in [0, 0.05) is 6.61 Å². The normalized spacial score (nSPS) is 33.8. The van der Waals surface area contributed by atoms with Crippen LogP contribution in [-0.4, -0.2) is 24.6 Å². The van der Waals surface area contributed by atoms with Crippen molar-refractivity contribution < 1.29 is 4.74 Å². The number of hydrogen-bond donors (Lipinski definition) is 1. The van der Waals surface area contributed by atoms with Crippen LogP contribution in [0.15, 0.2) is 4.99 Å². The van der Waals surface area contributed by atoms with Crippen LogP contribution in [0, 0.1) is 0 Å². The van der Waals surface area contributed by atoms with Gasteiger partial charge in [0.25, 0.3) is 0 Å². The van der Waals surface area contributed by atoms with Crippen LogP contribution >= 0.6 is 0 Å². The Hall–Kier alpha value is -0.570. The highest BCUT2D eigenvalue weighted by Gasteiger charge is 2.17. The highest BCUT2D eigenvalue weighted by Crippen LogP contribution is 2.15. The van der Waals surface area contributed by atoms with Crippen LogP contribution in [0.1, 0.15) is 26.7 Å². The first-order valence-electron chi connectivity index (χ1n) is 4.10. The molecule has 2 atom stereocenters. The first-order valence-corrected chi connectivity index (χ1v) is 4.10. The van der Waals surface area contributed by atoms with Crippen molar-refractivity contribution in [3.05, 3.63) is 0 Å². The molecule has 1 aliphatic heterocycles. The zero-order valence-corrected chi connectivity index (χ0v) is 7.21. The average Bonchev–Trinajstić information content (AvgIpc) is 1.85. The summed E-state index contributed by atoms with van der Waals surface area (Å²) in [6.45, 7) is 4.73. The fourth-order valence-corrected chi connectivity index (χ4v) is 1.38. The Balaban J connectivity index is 2.40. The fourth-order valence-electron chi connectivity index (χ4n) is 1.38. The molecule has 0 aromatic carbocycles. The van der Waals surface area contributed by atoms with Crippen LogP contribution in [0.3, 0.4) is 0 Å². The Labute approximate surface area is 67.6 Å². The van der Waals surface area contributed by atoms with Gasteiger partial charge in [-0.3, -0.25) is 4.99 Å². The summed E-state index contributed by atoms with van der Waals surface area (Å²) in [7, 11) is 0. The number of ether oxygens (including phenoxy) is 1. The van der Waals surface area contributed by atoms with Gasteiger partial charge >= 0.3 is 0 Å². The number of nitrogens with zero attached hydrogens (tertiary/aromatic N) is 1. The number of rotatable bonds is 1. The summed E-state index contributed by atoms with van der Waals surface area (Å²) in [5.41, 5.74) is 5.48. The molecule has 0 radical (unpaired) electrons. The highest BCUT2D eigenvalue weighted by atomic mass is 16.5. The molecule has 0 saturated carbocycles. The van der Waals surface area contributed by atoms with Crippen LogP contribution in [0.5, 0.6) is 0 Å². The lowest BCUT2D eigenvalue weighted by Gasteiger charge is -2.24. The number of aliphatic imine (C=N–C) groups is 1. The summed E-state index contributed by atoms with van der Waals surface area (Å²) in [6.07, 6.45) is 2.37. The molecule has 1 heterocycles. The highest BCUT2D eigenvalue weighted by molar-refractivity contribution is 5.77. The molecule has 1 fully saturated rings. The van der Waals surface area contributed by atoms with Crippen LogP contribution < -0.4 is 5.73 Å². The van der Waals surface area contributed by atoms with E-state index < -0.39 is 0 Å². The van der Waals surface area contributed by atoms with Crippen molar-refractivity contribution in [2.24, 2.45) is 10.7 Å². The topological polar surface area (TPSA) is 47.6 Å². The molecule has 0 amide bonds. The van der Waals surface area contributed by atoms with Crippen LogP contribution in [0.2, 0.25) is 0 Å². The maximum atomic E-state index is 5.48. The van der Waals surface area contributed by atoms with Gasteiger partial charge in [-0.15, -0.1) is 0 Å². The molecule has 11 heavy (non-hydrogen) atoms. The van der Waals surface area contributed by atoms with E-state index in [0.717, 1.165) is 19.4 Å². The second-order valence-corrected chi connectivity index (χ2v) is 3.13. The first-order chi connectivity index (χ1) is 5.18. The Morgan fingerprint density at radius 2 is 2.36 bits per heavy atom. The minimum absolute atomic E-state index is 0.344. The molecule has 1 aliphatic rings. The van der Waals surface area contributed by atoms with Crippen LogP contribution in [-0.2, 0) is 4.74 Å². The van der Waals surface area contributed by atoms with Crippen LogP contribution in [0.4, 0.5) is 0 Å². The van der Waals surface area contributed by atoms with Crippen molar-refractivity contribution in [1.82, 2.24) is 0 Å². The van der Waals surface area contributed by atoms with Crippen LogP contribution in [0.25, 0.3) is 0 Å². The lowest BCUT2D eigenvalue weighted by molar-refractivity contribution is 0.0204. The van der Waals surface area contributed by atoms with E-state index >= 15 is 0 Å². The smallest absolute Gasteiger partial charge is 0.0909 e. The third-order valence-electron chi connectivity index (χ3n) is 1.84. The SMILES string of the molecule is CC(N)=NC1CCOC(C)C1. The van der Waals surface area contributed by atoms with Gasteiger partial charge in [-0.2, -0.15) is 0 Å². The van der Waals surface area contributed by atoms with E-state index in [-0.39, 0.29) is 0 Å². The first kappa shape index (κ1) is 8.53. The molecule has 1 rings (SSSR count). The number of nitrogens with two attached hydrogens (primary N) is 1. The average molecular weight is 156 g/mol. The largest absolute Gasteiger partial charge is 0.388 e. The van der Waals surface area contributed by atoms with Crippen molar-refractivity contribution >= 4 is 5.84 Å². The second kappa shape index (κ2) is 3.72. The molecule has 2 N–H and O–H groups in total. The van der Waals surface area contributed by atoms with E-state index in [1.807, 2.05) is 6.92 Å². The molecule has 2 unspecified atom stereocenters. The minimum atomic E-state index is 0.344. The van der Waals surface area contributed by atoms with Gasteiger partial charge in [0.15, 0.2) is 0 Å². The summed E-state index contributed by atoms with van der Waals surface area (Å²) in [5.74, 6) is 0.684. The Bertz CT molecular complexity index is 152. The van der Waals surface area contributed by atoms with Gasteiger partial charge in [-0.1, -0.05) is 0 Å². The van der Waals surface area contributed by atoms with Crippen molar-refractivity contribution in [2.75, 3.05) is 6.61 Å². The van der Waals surface area contributed by atoms with Crippen molar-refractivity contribution in [2.45, 2.75) is 38.8 Å². The molecule has 0 aliphatic carbocycles. The van der Waals surface area contributed by atoms with Gasteiger partial charge in [0.05, 0.1) is 18.0 Å². The predicted molar refractivity (Wildman–Crippen MR) is 45.7 cm³/mol. The standard InChI is InChI=1S/C8H16N2O/c1-6-5-8(3-4-11-6)10-7(2)9/h6,8H,3-5H2,1-2H3,(H2,9,10). The number of amidine groups is 1. The molecule has 1 saturated heterocycles. The Morgan fingerprint density at radius 3 is 2.91 bits per heavy atom. The molecular weight excluding hydrogens is 140 g/mol. The number of hydrogen-bond acceptors (Lipinski definition) is 2. The van der Waals surface area contributed by atoms with E-state index in [9.17, 15) is 0 Å². The molecule has 3 nitrogen and oxygen atoms in total. The summed E-state index contributed by atoms with van der Waals surface area (Å²) in [6, 6.07) is 0.392. The summed E-state index contributed by atoms with van der Waals surface area (Å²) >= 11 is 0. The van der Waals surface area contributed by atoms with Crippen molar-refractivity contribution in [1.29, 1.82) is 0 Å². The third-order valence-corrected chi connectivity index (χ3v) is 1.84. The van der Waals surface area contributed by atoms with Gasteiger partial charge in [0.2, 0.25) is 0 Å². The predicted octanol–water partition coefficient (Wildman–Crippen LogP) is 0.931. The quantitative estimate of drug-likeness (QED) is 0.453. The summed E-state index contributed by atoms with van der Waals surface area (Å²) in [4.78, 5) is 4.30. The van der Waals surface area contributed by atoms with Gasteiger partial charge in [-0.25, -0.2) is 0 Å². The lowest BCUT2D eigenvalue weighted by atomic mass is 10.1. The maximum Gasteiger partial charge on any atom is 0.0909 e. The zero-order valence-electron chi connectivity index (χ0n) is 7.21. The second-order valence-electron chi connectivity index (χ2n) is 3.13. The molecule has 0 spiro atoms. The third kappa shape index (κ3) is 2.89. The Morgan fingerprint density at radius 1 is 1.64 bits per heavy atom. The minimum Gasteiger partial charge on any atom is -0.388 e. The van der Waals surface area contributed by atoms with Crippen molar-refractivity contribution in [3.63, 3.8) is 0 Å². The molecule has 64 valence electrons. The molecular formula is C8H16N2O. The van der Waals surface area contributed by atoms with Gasteiger partial charge < -0.3 is 10.5 Å². The van der Waals surface area contributed by atoms with E-state index in [2.05, 4.69) is 11.9 Å². The monoisotopic (exact) mass is 156 g/mol. The maximum absolute atomic E-state index is 5.48. The zero-order chi connectivity index (χ0) is 8.27. The van der Waals surface area contributed by atoms with E-state index in [1.165, 1.54) is 0 Å².